The smallest absolute Gasteiger partial charge is 0.187 e. The fraction of sp³-hybridized carbons (Fsp3) is 0.909. The minimum atomic E-state index is -1.78. The van der Waals surface area contributed by atoms with Crippen LogP contribution in [0.25, 0.3) is 0 Å². The summed E-state index contributed by atoms with van der Waals surface area (Å²) in [4.78, 5) is 0. The Hall–Kier alpha value is 11.3. The van der Waals surface area contributed by atoms with Gasteiger partial charge in [-0.25, -0.2) is 0 Å². The SMILES string of the molecule is CCC1OC=CC(C)[C@@H]1O[C@@H]1OC(CC)[C@H](O[C@H]2OC(CC)[C@H](C)[C@H](O)C2C)[C@H](C)C1C.OCC1OC=CC(O)[C@@H]1O[C@@H]1OC(CO)[C@H](O[C@H]2OC(CO)[C@H](O)[C@H](O)C2O)[C@@H](O)C1O.[Ac].[Ac].[Ac].[Ac].[Ac].[Ac].[Ac].[Ac].[Ac]. The molecule has 9 radical (unpaired) electrons. The molecule has 0 aromatic carbocycles. The number of ether oxygens (including phenoxy) is 10. The molecule has 0 aromatic heterocycles. The predicted molar refractivity (Wildman–Crippen MR) is 222 cm³/mol. The molecule has 26 atom stereocenters. The zero-order chi connectivity index (χ0) is 47.2. The molecule has 6 heterocycles. The molecular weight excluding hydrogens is 2890 g/mol. The Labute approximate surface area is 754 Å². The molecule has 6 rings (SSSR count). The van der Waals surface area contributed by atoms with E-state index in [4.69, 9.17) is 47.4 Å². The summed E-state index contributed by atoms with van der Waals surface area (Å²) in [6.45, 7) is 15.0. The van der Waals surface area contributed by atoms with Crippen molar-refractivity contribution in [3.8, 4) is 0 Å². The van der Waals surface area contributed by atoms with Crippen molar-refractivity contribution in [2.45, 2.75) is 204 Å². The number of aliphatic hydroxyl groups is 10. The molecule has 12 unspecified atom stereocenters. The van der Waals surface area contributed by atoms with Crippen molar-refractivity contribution in [2.75, 3.05) is 19.8 Å². The Kier molecular flexibility index (Phi) is 60.2. The van der Waals surface area contributed by atoms with Crippen LogP contribution in [0, 0.1) is 426 Å². The molecule has 10 N–H and O–H groups in total. The van der Waals surface area contributed by atoms with Crippen LogP contribution in [-0.4, -0.2) is 200 Å². The van der Waals surface area contributed by atoms with Crippen molar-refractivity contribution in [3.63, 3.8) is 0 Å². The van der Waals surface area contributed by atoms with Gasteiger partial charge in [0.25, 0.3) is 0 Å². The van der Waals surface area contributed by atoms with Crippen LogP contribution in [0.15, 0.2) is 24.7 Å². The van der Waals surface area contributed by atoms with Crippen LogP contribution in [-0.2, 0) is 47.4 Å². The summed E-state index contributed by atoms with van der Waals surface area (Å²) in [5, 5.41) is 100. The topological polar surface area (TPSA) is 295 Å². The van der Waals surface area contributed by atoms with E-state index in [1.54, 1.807) is 6.26 Å². The van der Waals surface area contributed by atoms with E-state index in [9.17, 15) is 51.1 Å². The summed E-state index contributed by atoms with van der Waals surface area (Å²) in [7, 11) is 0. The fourth-order valence-corrected chi connectivity index (χ4v) is 9.28. The summed E-state index contributed by atoms with van der Waals surface area (Å²) >= 11 is 0. The van der Waals surface area contributed by atoms with E-state index in [-0.39, 0.29) is 463 Å². The van der Waals surface area contributed by atoms with Gasteiger partial charge in [0.1, 0.15) is 79.4 Å². The normalized spacial score (nSPS) is 43.5. The second-order valence-electron chi connectivity index (χ2n) is 18.1. The average Bonchev–Trinajstić information content (AvgIpc) is 3.29. The molecule has 4 saturated heterocycles. The summed E-state index contributed by atoms with van der Waals surface area (Å²) < 4.78 is 58.6. The molecule has 0 bridgehead atoms. The first-order valence-electron chi connectivity index (χ1n) is 22.9. The maximum Gasteiger partial charge on any atom is 0.187 e. The minimum absolute atomic E-state index is 0. The van der Waals surface area contributed by atoms with Crippen LogP contribution in [0.4, 0.5) is 0 Å². The molecule has 6 aliphatic heterocycles. The zero-order valence-corrected chi connectivity index (χ0v) is 86.0. The van der Waals surface area contributed by atoms with Gasteiger partial charge in [-0.1, -0.05) is 55.4 Å². The number of rotatable bonds is 14. The van der Waals surface area contributed by atoms with Gasteiger partial charge >= 0.3 is 0 Å². The van der Waals surface area contributed by atoms with Gasteiger partial charge in [-0.2, -0.15) is 0 Å². The molecular formula is C44H76Ac9O20. The largest absolute Gasteiger partial charge is 0.496 e. The number of hydrogen-bond acceptors (Lipinski definition) is 20. The van der Waals surface area contributed by atoms with Gasteiger partial charge in [-0.15, -0.1) is 0 Å². The average molecular weight is 2970 g/mol. The van der Waals surface area contributed by atoms with E-state index in [0.717, 1.165) is 19.3 Å². The fourth-order valence-electron chi connectivity index (χ4n) is 9.28. The monoisotopic (exact) mass is 2970 g/mol. The predicted octanol–water partition coefficient (Wildman–Crippen LogP) is -0.848. The standard InChI is InChI=1S/C26H46O6.C18H30O14.9Ac/c1-9-19-17(7)22(27)18(8)26(29-19)32-24-15(5)16(6)25(30-21(24)11-3)31-23-14(4)12-13-28-20(23)10-2;19-3-7-10(23)11(24)13(26)17(29-7)32-16-9(5-21)30-18(14(27)12(16)25)31-15-6(22)1-2-28-8(15)4-20;;;;;;;;;/h12-27H,9-11H2,1-8H3;1-2,6-27H,3-5H2;;;;;;;;;/t14?,15-,16?,17+,18?,19?,20?,21?,22+,23+,24-,25+,26-;6?,7?,8?,9?,10-,11-,12-,13?,14?,15-,16-,17+,18-;;;;;;;;;/m10........./s1. The Bertz CT molecular complexity index is 1370. The van der Waals surface area contributed by atoms with Crippen molar-refractivity contribution < 1.29 is 495 Å². The third-order valence-electron chi connectivity index (χ3n) is 13.8. The number of aliphatic hydroxyl groups excluding tert-OH is 10. The van der Waals surface area contributed by atoms with Crippen molar-refractivity contribution >= 4 is 0 Å². The third kappa shape index (κ3) is 25.4. The van der Waals surface area contributed by atoms with Gasteiger partial charge in [-0.05, 0) is 37.3 Å². The quantitative estimate of drug-likeness (QED) is 0.101. The van der Waals surface area contributed by atoms with Crippen molar-refractivity contribution in [2.24, 2.45) is 29.6 Å². The zero-order valence-electron chi connectivity index (χ0n) is 43.3. The van der Waals surface area contributed by atoms with E-state index < -0.39 is 112 Å². The molecule has 0 aromatic rings. The van der Waals surface area contributed by atoms with Crippen LogP contribution in [0.1, 0.15) is 74.7 Å². The van der Waals surface area contributed by atoms with Crippen molar-refractivity contribution in [1.82, 2.24) is 0 Å². The molecule has 6 aliphatic rings. The first-order chi connectivity index (χ1) is 30.5. The Balaban J connectivity index is -0.000000376. The van der Waals surface area contributed by atoms with E-state index in [1.165, 1.54) is 12.3 Å². The molecule has 0 aliphatic carbocycles. The van der Waals surface area contributed by atoms with E-state index in [0.29, 0.717) is 0 Å². The van der Waals surface area contributed by atoms with Crippen LogP contribution < -0.4 is 0 Å². The van der Waals surface area contributed by atoms with Crippen LogP contribution in [0.5, 0.6) is 0 Å². The Morgan fingerprint density at radius 3 is 1.32 bits per heavy atom. The Morgan fingerprint density at radius 2 is 0.781 bits per heavy atom. The maximum atomic E-state index is 10.8. The molecule has 0 amide bonds. The van der Waals surface area contributed by atoms with Crippen molar-refractivity contribution in [1.29, 1.82) is 0 Å². The van der Waals surface area contributed by atoms with Crippen LogP contribution in [0.3, 0.4) is 0 Å². The summed E-state index contributed by atoms with van der Waals surface area (Å²) in [6, 6.07) is 0. The van der Waals surface area contributed by atoms with E-state index in [1.807, 2.05) is 6.92 Å². The summed E-state index contributed by atoms with van der Waals surface area (Å²) in [6.07, 6.45) is -11.8. The van der Waals surface area contributed by atoms with Gasteiger partial charge in [0.15, 0.2) is 25.2 Å². The minimum Gasteiger partial charge on any atom is -0.496 e. The first-order valence-corrected chi connectivity index (χ1v) is 22.9. The second kappa shape index (κ2) is 47.3. The van der Waals surface area contributed by atoms with Crippen LogP contribution >= 0.6 is 0 Å². The summed E-state index contributed by atoms with van der Waals surface area (Å²) in [5.74, 6) is 0.678. The molecule has 73 heavy (non-hydrogen) atoms. The van der Waals surface area contributed by atoms with Gasteiger partial charge in [0.05, 0.1) is 56.8 Å². The third-order valence-corrected chi connectivity index (χ3v) is 13.8. The van der Waals surface area contributed by atoms with Crippen molar-refractivity contribution in [3.05, 3.63) is 24.7 Å². The van der Waals surface area contributed by atoms with Gasteiger partial charge in [0, 0.05) is 420 Å². The van der Waals surface area contributed by atoms with Crippen LogP contribution in [0.2, 0.25) is 0 Å². The first kappa shape index (κ1) is 93.1. The van der Waals surface area contributed by atoms with Gasteiger partial charge in [-0.3, -0.25) is 0 Å². The van der Waals surface area contributed by atoms with Gasteiger partial charge in [0.2, 0.25) is 0 Å². The molecule has 4 fully saturated rings. The summed E-state index contributed by atoms with van der Waals surface area (Å²) in [5.41, 5.74) is 0. The molecule has 0 saturated carbocycles. The number of hydrogen-bond donors (Lipinski definition) is 10. The maximum absolute atomic E-state index is 10.8. The molecule has 29 heteroatoms. The van der Waals surface area contributed by atoms with E-state index in [2.05, 4.69) is 54.5 Å². The Morgan fingerprint density at radius 1 is 0.356 bits per heavy atom. The molecule has 399 valence electrons. The molecule has 0 spiro atoms. The molecule has 20 nitrogen and oxygen atoms in total. The van der Waals surface area contributed by atoms with E-state index >= 15 is 0 Å². The second-order valence-corrected chi connectivity index (χ2v) is 18.1. The van der Waals surface area contributed by atoms with Gasteiger partial charge < -0.3 is 98.4 Å².